The van der Waals surface area contributed by atoms with E-state index in [0.29, 0.717) is 23.6 Å². The Morgan fingerprint density at radius 2 is 2.17 bits per heavy atom. The lowest BCUT2D eigenvalue weighted by Crippen LogP contribution is -2.06. The first kappa shape index (κ1) is 9.49. The predicted molar refractivity (Wildman–Crippen MR) is 48.9 cm³/mol. The monoisotopic (exact) mass is 187 g/mol. The number of halogens is 2. The fraction of sp³-hybridized carbons (Fsp3) is 0.333. The van der Waals surface area contributed by atoms with Gasteiger partial charge in [0.2, 0.25) is 0 Å². The molecule has 1 rings (SSSR count). The van der Waals surface area contributed by atoms with Gasteiger partial charge in [-0.25, -0.2) is 4.39 Å². The molecule has 0 aliphatic heterocycles. The van der Waals surface area contributed by atoms with Crippen molar-refractivity contribution in [2.45, 2.75) is 13.3 Å². The second-order valence-corrected chi connectivity index (χ2v) is 3.16. The smallest absolute Gasteiger partial charge is 0.128 e. The fourth-order valence-corrected chi connectivity index (χ4v) is 1.45. The quantitative estimate of drug-likeness (QED) is 0.756. The molecule has 0 saturated heterocycles. The van der Waals surface area contributed by atoms with Crippen molar-refractivity contribution in [3.8, 4) is 0 Å². The molecule has 12 heavy (non-hydrogen) atoms. The Bertz CT molecular complexity index is 263. The molecule has 0 bridgehead atoms. The molecule has 0 aliphatic carbocycles. The van der Waals surface area contributed by atoms with E-state index in [9.17, 15) is 4.39 Å². The summed E-state index contributed by atoms with van der Waals surface area (Å²) in [5.41, 5.74) is 6.87. The van der Waals surface area contributed by atoms with Crippen molar-refractivity contribution < 1.29 is 4.39 Å². The molecular formula is C9H11ClFN. The van der Waals surface area contributed by atoms with Gasteiger partial charge in [0, 0.05) is 5.02 Å². The van der Waals surface area contributed by atoms with Gasteiger partial charge in [0.1, 0.15) is 5.82 Å². The van der Waals surface area contributed by atoms with Gasteiger partial charge in [-0.15, -0.1) is 0 Å². The number of nitrogens with two attached hydrogens (primary N) is 1. The van der Waals surface area contributed by atoms with Crippen LogP contribution >= 0.6 is 11.6 Å². The van der Waals surface area contributed by atoms with E-state index in [1.54, 1.807) is 6.07 Å². The molecule has 1 aromatic carbocycles. The Labute approximate surface area is 76.3 Å². The molecule has 0 fully saturated rings. The van der Waals surface area contributed by atoms with Gasteiger partial charge in [0.15, 0.2) is 0 Å². The maximum Gasteiger partial charge on any atom is 0.128 e. The summed E-state index contributed by atoms with van der Waals surface area (Å²) in [5, 5.41) is 0.436. The van der Waals surface area contributed by atoms with Crippen LogP contribution in [0.3, 0.4) is 0 Å². The van der Waals surface area contributed by atoms with Crippen LogP contribution in [-0.4, -0.2) is 6.54 Å². The highest BCUT2D eigenvalue weighted by atomic mass is 35.5. The second kappa shape index (κ2) is 3.87. The number of benzene rings is 1. The lowest BCUT2D eigenvalue weighted by atomic mass is 10.1. The van der Waals surface area contributed by atoms with Crippen molar-refractivity contribution in [3.05, 3.63) is 34.1 Å². The molecule has 0 heterocycles. The minimum atomic E-state index is -0.259. The first-order valence-electron chi connectivity index (χ1n) is 3.79. The highest BCUT2D eigenvalue weighted by Gasteiger charge is 2.05. The molecule has 2 N–H and O–H groups in total. The van der Waals surface area contributed by atoms with Crippen molar-refractivity contribution in [3.63, 3.8) is 0 Å². The molecule has 0 amide bonds. The van der Waals surface area contributed by atoms with E-state index < -0.39 is 0 Å². The zero-order valence-corrected chi connectivity index (χ0v) is 7.66. The van der Waals surface area contributed by atoms with E-state index in [2.05, 4.69) is 0 Å². The lowest BCUT2D eigenvalue weighted by Gasteiger charge is -2.05. The lowest BCUT2D eigenvalue weighted by molar-refractivity contribution is 0.607. The van der Waals surface area contributed by atoms with Crippen molar-refractivity contribution in [2.75, 3.05) is 6.54 Å². The molecule has 1 aromatic rings. The molecular weight excluding hydrogens is 177 g/mol. The third-order valence-corrected chi connectivity index (χ3v) is 2.00. The standard InChI is InChI=1S/C9H11ClFN/c1-6-4-7(10)5-9(11)8(6)2-3-12/h4-5H,2-3,12H2,1H3. The Balaban J connectivity index is 3.10. The molecule has 0 atom stereocenters. The average molecular weight is 188 g/mol. The van der Waals surface area contributed by atoms with Gasteiger partial charge < -0.3 is 5.73 Å². The van der Waals surface area contributed by atoms with Crippen LogP contribution in [0.2, 0.25) is 5.02 Å². The van der Waals surface area contributed by atoms with Crippen LogP contribution in [-0.2, 0) is 6.42 Å². The zero-order chi connectivity index (χ0) is 9.14. The molecule has 0 saturated carbocycles. The first-order valence-corrected chi connectivity index (χ1v) is 4.17. The van der Waals surface area contributed by atoms with Gasteiger partial charge in [-0.3, -0.25) is 0 Å². The maximum absolute atomic E-state index is 13.2. The average Bonchev–Trinajstić information content (AvgIpc) is 1.96. The van der Waals surface area contributed by atoms with Gasteiger partial charge in [-0.1, -0.05) is 11.6 Å². The van der Waals surface area contributed by atoms with Crippen LogP contribution in [0.5, 0.6) is 0 Å². The number of rotatable bonds is 2. The molecule has 0 aliphatic rings. The number of aryl methyl sites for hydroxylation is 1. The predicted octanol–water partition coefficient (Wildman–Crippen LogP) is 2.29. The topological polar surface area (TPSA) is 26.0 Å². The third kappa shape index (κ3) is 1.96. The van der Waals surface area contributed by atoms with E-state index in [1.807, 2.05) is 6.92 Å². The summed E-state index contributed by atoms with van der Waals surface area (Å²) in [6.07, 6.45) is 0.564. The van der Waals surface area contributed by atoms with E-state index in [4.69, 9.17) is 17.3 Å². The van der Waals surface area contributed by atoms with E-state index >= 15 is 0 Å². The molecule has 0 spiro atoms. The highest BCUT2D eigenvalue weighted by molar-refractivity contribution is 6.30. The van der Waals surface area contributed by atoms with Gasteiger partial charge >= 0.3 is 0 Å². The zero-order valence-electron chi connectivity index (χ0n) is 6.90. The second-order valence-electron chi connectivity index (χ2n) is 2.72. The maximum atomic E-state index is 13.2. The van der Waals surface area contributed by atoms with E-state index in [-0.39, 0.29) is 5.82 Å². The van der Waals surface area contributed by atoms with Gasteiger partial charge in [0.25, 0.3) is 0 Å². The highest BCUT2D eigenvalue weighted by Crippen LogP contribution is 2.19. The van der Waals surface area contributed by atoms with Crippen LogP contribution < -0.4 is 5.73 Å². The summed E-state index contributed by atoms with van der Waals surface area (Å²) < 4.78 is 13.2. The first-order chi connectivity index (χ1) is 5.65. The van der Waals surface area contributed by atoms with Gasteiger partial charge in [0.05, 0.1) is 0 Å². The summed E-state index contributed by atoms with van der Waals surface area (Å²) >= 11 is 5.65. The summed E-state index contributed by atoms with van der Waals surface area (Å²) in [7, 11) is 0. The third-order valence-electron chi connectivity index (χ3n) is 1.78. The van der Waals surface area contributed by atoms with Crippen LogP contribution in [0.25, 0.3) is 0 Å². The van der Waals surface area contributed by atoms with Crippen molar-refractivity contribution >= 4 is 11.6 Å². The summed E-state index contributed by atoms with van der Waals surface area (Å²) in [6, 6.07) is 3.06. The van der Waals surface area contributed by atoms with Crippen LogP contribution in [0, 0.1) is 12.7 Å². The molecule has 0 unspecified atom stereocenters. The van der Waals surface area contributed by atoms with Crippen molar-refractivity contribution in [1.29, 1.82) is 0 Å². The Hall–Kier alpha value is -0.600. The molecule has 3 heteroatoms. The SMILES string of the molecule is Cc1cc(Cl)cc(F)c1CCN. The summed E-state index contributed by atoms with van der Waals surface area (Å²) in [4.78, 5) is 0. The molecule has 66 valence electrons. The normalized spacial score (nSPS) is 10.3. The van der Waals surface area contributed by atoms with Crippen LogP contribution in [0.1, 0.15) is 11.1 Å². The minimum Gasteiger partial charge on any atom is -0.330 e. The molecule has 0 radical (unpaired) electrons. The largest absolute Gasteiger partial charge is 0.330 e. The van der Waals surface area contributed by atoms with Crippen LogP contribution in [0.4, 0.5) is 4.39 Å². The van der Waals surface area contributed by atoms with Crippen molar-refractivity contribution in [1.82, 2.24) is 0 Å². The number of hydrogen-bond acceptors (Lipinski definition) is 1. The Morgan fingerprint density at radius 3 is 2.67 bits per heavy atom. The Kier molecular flexibility index (Phi) is 3.06. The summed E-state index contributed by atoms with van der Waals surface area (Å²) in [5.74, 6) is -0.259. The van der Waals surface area contributed by atoms with Crippen LogP contribution in [0.15, 0.2) is 12.1 Å². The van der Waals surface area contributed by atoms with E-state index in [1.165, 1.54) is 6.07 Å². The molecule has 1 nitrogen and oxygen atoms in total. The minimum absolute atomic E-state index is 0.259. The van der Waals surface area contributed by atoms with Crippen molar-refractivity contribution in [2.24, 2.45) is 5.73 Å². The number of hydrogen-bond donors (Lipinski definition) is 1. The van der Waals surface area contributed by atoms with Gasteiger partial charge in [-0.2, -0.15) is 0 Å². The van der Waals surface area contributed by atoms with E-state index in [0.717, 1.165) is 5.56 Å². The summed E-state index contributed by atoms with van der Waals surface area (Å²) in [6.45, 7) is 2.29. The Morgan fingerprint density at radius 1 is 1.50 bits per heavy atom. The fourth-order valence-electron chi connectivity index (χ4n) is 1.19. The van der Waals surface area contributed by atoms with Gasteiger partial charge in [-0.05, 0) is 43.1 Å². The molecule has 0 aromatic heterocycles.